The van der Waals surface area contributed by atoms with E-state index in [4.69, 9.17) is 5.11 Å². The van der Waals surface area contributed by atoms with Gasteiger partial charge in [-0.2, -0.15) is 5.10 Å². The largest absolute Gasteiger partial charge is 0.394 e. The Bertz CT molecular complexity index is 702. The maximum absolute atomic E-state index is 8.88. The highest BCUT2D eigenvalue weighted by Crippen LogP contribution is 2.10. The van der Waals surface area contributed by atoms with Gasteiger partial charge in [0.15, 0.2) is 0 Å². The van der Waals surface area contributed by atoms with Gasteiger partial charge in [-0.05, 0) is 17.2 Å². The Labute approximate surface area is 129 Å². The summed E-state index contributed by atoms with van der Waals surface area (Å²) < 4.78 is 3.91. The molecule has 3 rings (SSSR count). The van der Waals surface area contributed by atoms with Crippen LogP contribution in [0.15, 0.2) is 61.2 Å². The number of aliphatic hydroxyl groups excluding tert-OH is 1. The van der Waals surface area contributed by atoms with Crippen LogP contribution in [0.4, 0.5) is 5.69 Å². The van der Waals surface area contributed by atoms with E-state index in [-0.39, 0.29) is 6.61 Å². The number of hydrogen-bond donors (Lipinski definition) is 2. The molecule has 114 valence electrons. The van der Waals surface area contributed by atoms with Crippen LogP contribution in [0.2, 0.25) is 0 Å². The minimum atomic E-state index is 0.101. The van der Waals surface area contributed by atoms with Gasteiger partial charge in [0, 0.05) is 31.7 Å². The third kappa shape index (κ3) is 3.77. The Morgan fingerprint density at radius 3 is 2.73 bits per heavy atom. The van der Waals surface area contributed by atoms with E-state index in [0.29, 0.717) is 6.54 Å². The van der Waals surface area contributed by atoms with Crippen molar-refractivity contribution in [2.75, 3.05) is 11.9 Å². The van der Waals surface area contributed by atoms with Crippen molar-refractivity contribution in [3.8, 4) is 0 Å². The van der Waals surface area contributed by atoms with E-state index in [0.717, 1.165) is 18.8 Å². The van der Waals surface area contributed by atoms with Gasteiger partial charge in [0.1, 0.15) is 0 Å². The number of nitrogens with one attached hydrogen (secondary N) is 1. The second kappa shape index (κ2) is 6.95. The van der Waals surface area contributed by atoms with E-state index >= 15 is 0 Å². The first-order chi connectivity index (χ1) is 10.8. The van der Waals surface area contributed by atoms with Crippen LogP contribution in [0.5, 0.6) is 0 Å². The fourth-order valence-electron chi connectivity index (χ4n) is 2.37. The summed E-state index contributed by atoms with van der Waals surface area (Å²) in [5.41, 5.74) is 3.48. The fraction of sp³-hybridized carbons (Fsp3) is 0.235. The monoisotopic (exact) mass is 296 g/mol. The second-order valence-corrected chi connectivity index (χ2v) is 5.25. The zero-order valence-electron chi connectivity index (χ0n) is 12.4. The highest BCUT2D eigenvalue weighted by atomic mass is 16.3. The molecule has 5 heteroatoms. The average molecular weight is 296 g/mol. The Hall–Kier alpha value is -2.53. The van der Waals surface area contributed by atoms with Crippen LogP contribution in [-0.2, 0) is 19.6 Å². The highest BCUT2D eigenvalue weighted by Gasteiger charge is 2.01. The lowest BCUT2D eigenvalue weighted by Crippen LogP contribution is -2.02. The maximum atomic E-state index is 8.88. The van der Waals surface area contributed by atoms with E-state index in [9.17, 15) is 0 Å². The average Bonchev–Trinajstić information content (AvgIpc) is 3.16. The minimum absolute atomic E-state index is 0.101. The molecular formula is C17H20N4O. The first-order valence-electron chi connectivity index (χ1n) is 7.39. The summed E-state index contributed by atoms with van der Waals surface area (Å²) in [7, 11) is 0. The molecule has 0 amide bonds. The van der Waals surface area contributed by atoms with Gasteiger partial charge in [0.05, 0.1) is 25.0 Å². The Morgan fingerprint density at radius 2 is 1.91 bits per heavy atom. The number of aliphatic hydroxyl groups is 1. The van der Waals surface area contributed by atoms with Crippen molar-refractivity contribution >= 4 is 5.69 Å². The number of hydrogen-bond acceptors (Lipinski definition) is 3. The molecule has 0 bridgehead atoms. The molecule has 5 nitrogen and oxygen atoms in total. The molecule has 0 spiro atoms. The predicted octanol–water partition coefficient (Wildman–Crippen LogP) is 2.34. The van der Waals surface area contributed by atoms with Crippen LogP contribution in [-0.4, -0.2) is 26.1 Å². The number of anilines is 1. The van der Waals surface area contributed by atoms with Crippen LogP contribution in [0.25, 0.3) is 0 Å². The molecule has 0 aliphatic rings. The quantitative estimate of drug-likeness (QED) is 0.703. The van der Waals surface area contributed by atoms with Gasteiger partial charge < -0.3 is 15.0 Å². The Kier molecular flexibility index (Phi) is 4.56. The van der Waals surface area contributed by atoms with Crippen molar-refractivity contribution in [1.82, 2.24) is 14.3 Å². The zero-order chi connectivity index (χ0) is 15.2. The summed E-state index contributed by atoms with van der Waals surface area (Å²) in [4.78, 5) is 0. The van der Waals surface area contributed by atoms with Gasteiger partial charge in [-0.3, -0.25) is 4.68 Å². The summed E-state index contributed by atoms with van der Waals surface area (Å²) in [5.74, 6) is 0. The van der Waals surface area contributed by atoms with Crippen LogP contribution in [0, 0.1) is 0 Å². The third-order valence-electron chi connectivity index (χ3n) is 3.48. The van der Waals surface area contributed by atoms with Crippen molar-refractivity contribution in [1.29, 1.82) is 0 Å². The number of aromatic nitrogens is 3. The van der Waals surface area contributed by atoms with E-state index in [1.807, 2.05) is 12.3 Å². The topological polar surface area (TPSA) is 55.0 Å². The number of rotatable bonds is 7. The standard InChI is InChI=1S/C17H20N4O/c22-9-8-21-14-17(11-19-21)18-10-16-6-7-20(13-16)12-15-4-2-1-3-5-15/h1-7,11,13-14,18,22H,8-10,12H2. The summed E-state index contributed by atoms with van der Waals surface area (Å²) in [5, 5.41) is 16.4. The molecule has 0 radical (unpaired) electrons. The maximum Gasteiger partial charge on any atom is 0.0729 e. The van der Waals surface area contributed by atoms with Crippen LogP contribution in [0.3, 0.4) is 0 Å². The zero-order valence-corrected chi connectivity index (χ0v) is 12.4. The van der Waals surface area contributed by atoms with Crippen molar-refractivity contribution in [3.05, 3.63) is 72.3 Å². The van der Waals surface area contributed by atoms with Crippen LogP contribution < -0.4 is 5.32 Å². The molecule has 1 aromatic carbocycles. The molecule has 0 fully saturated rings. The molecule has 0 saturated carbocycles. The molecule has 2 aromatic heterocycles. The number of benzene rings is 1. The van der Waals surface area contributed by atoms with Gasteiger partial charge in [0.25, 0.3) is 0 Å². The molecular weight excluding hydrogens is 276 g/mol. The van der Waals surface area contributed by atoms with E-state index in [1.165, 1.54) is 11.1 Å². The van der Waals surface area contributed by atoms with E-state index < -0.39 is 0 Å². The Morgan fingerprint density at radius 1 is 1.05 bits per heavy atom. The van der Waals surface area contributed by atoms with Gasteiger partial charge >= 0.3 is 0 Å². The van der Waals surface area contributed by atoms with Crippen molar-refractivity contribution in [3.63, 3.8) is 0 Å². The lowest BCUT2D eigenvalue weighted by Gasteiger charge is -2.03. The summed E-state index contributed by atoms with van der Waals surface area (Å²) >= 11 is 0. The molecule has 0 aliphatic heterocycles. The van der Waals surface area contributed by atoms with Gasteiger partial charge in [-0.1, -0.05) is 30.3 Å². The lowest BCUT2D eigenvalue weighted by atomic mass is 10.2. The molecule has 2 heterocycles. The molecule has 2 N–H and O–H groups in total. The first-order valence-corrected chi connectivity index (χ1v) is 7.39. The Balaban J connectivity index is 1.55. The molecule has 0 atom stereocenters. The van der Waals surface area contributed by atoms with Gasteiger partial charge in [0.2, 0.25) is 0 Å². The molecule has 0 aliphatic carbocycles. The smallest absolute Gasteiger partial charge is 0.0729 e. The highest BCUT2D eigenvalue weighted by molar-refractivity contribution is 5.39. The second-order valence-electron chi connectivity index (χ2n) is 5.25. The van der Waals surface area contributed by atoms with Crippen molar-refractivity contribution in [2.45, 2.75) is 19.6 Å². The lowest BCUT2D eigenvalue weighted by molar-refractivity contribution is 0.269. The fourth-order valence-corrected chi connectivity index (χ4v) is 2.37. The first kappa shape index (κ1) is 14.4. The summed E-state index contributed by atoms with van der Waals surface area (Å²) in [6, 6.07) is 12.5. The SMILES string of the molecule is OCCn1cc(NCc2ccn(Cc3ccccc3)c2)cn1. The van der Waals surface area contributed by atoms with Gasteiger partial charge in [-0.15, -0.1) is 0 Å². The molecule has 22 heavy (non-hydrogen) atoms. The molecule has 0 saturated heterocycles. The summed E-state index contributed by atoms with van der Waals surface area (Å²) in [6.45, 7) is 2.26. The van der Waals surface area contributed by atoms with Crippen LogP contribution >= 0.6 is 0 Å². The summed E-state index contributed by atoms with van der Waals surface area (Å²) in [6.07, 6.45) is 7.92. The predicted molar refractivity (Wildman–Crippen MR) is 86.6 cm³/mol. The molecule has 3 aromatic rings. The molecule has 0 unspecified atom stereocenters. The van der Waals surface area contributed by atoms with Crippen LogP contribution in [0.1, 0.15) is 11.1 Å². The van der Waals surface area contributed by atoms with E-state index in [1.54, 1.807) is 10.9 Å². The van der Waals surface area contributed by atoms with E-state index in [2.05, 4.69) is 57.7 Å². The van der Waals surface area contributed by atoms with Gasteiger partial charge in [-0.25, -0.2) is 0 Å². The third-order valence-corrected chi connectivity index (χ3v) is 3.48. The van der Waals surface area contributed by atoms with Crippen molar-refractivity contribution < 1.29 is 5.11 Å². The number of nitrogens with zero attached hydrogens (tertiary/aromatic N) is 3. The normalized spacial score (nSPS) is 10.8. The van der Waals surface area contributed by atoms with Crippen molar-refractivity contribution in [2.24, 2.45) is 0 Å². The minimum Gasteiger partial charge on any atom is -0.394 e.